The zero-order valence-electron chi connectivity index (χ0n) is 28.4. The summed E-state index contributed by atoms with van der Waals surface area (Å²) in [5, 5.41) is 8.35. The van der Waals surface area contributed by atoms with Crippen LogP contribution < -0.4 is 16.4 Å². The van der Waals surface area contributed by atoms with E-state index in [2.05, 4.69) is 150 Å². The summed E-state index contributed by atoms with van der Waals surface area (Å²) >= 11 is 0. The van der Waals surface area contributed by atoms with Gasteiger partial charge >= 0.3 is 0 Å². The van der Waals surface area contributed by atoms with Gasteiger partial charge < -0.3 is 0 Å². The van der Waals surface area contributed by atoms with E-state index in [9.17, 15) is 0 Å². The number of benzene rings is 6. The highest BCUT2D eigenvalue weighted by Crippen LogP contribution is 2.42. The number of hydrogen-bond donors (Lipinski definition) is 0. The van der Waals surface area contributed by atoms with E-state index >= 15 is 0 Å². The Labute approximate surface area is 260 Å². The summed E-state index contributed by atoms with van der Waals surface area (Å²) in [5.41, 5.74) is 15.4. The van der Waals surface area contributed by atoms with E-state index in [0.29, 0.717) is 0 Å². The van der Waals surface area contributed by atoms with Gasteiger partial charge in [0.05, 0.1) is 0 Å². The van der Waals surface area contributed by atoms with Crippen LogP contribution in [0.3, 0.4) is 0 Å². The van der Waals surface area contributed by atoms with Crippen LogP contribution in [-0.4, -0.2) is 6.71 Å². The van der Waals surface area contributed by atoms with E-state index in [1.54, 1.807) is 0 Å². The molecule has 0 radical (unpaired) electrons. The second kappa shape index (κ2) is 9.98. The van der Waals surface area contributed by atoms with Crippen LogP contribution in [-0.2, 0) is 10.8 Å². The Morgan fingerprint density at radius 3 is 1.35 bits per heavy atom. The number of aryl methyl sites for hydroxylation is 6. The SMILES string of the molecule is Cc1cc(C)c(B(c2c(C)cc(C)cc2C)c2cc(C(C)(C)C)c3ccc4ccc(C(C)(C)C)c5ccc2c3c45)c(C)c1. The summed E-state index contributed by atoms with van der Waals surface area (Å²) < 4.78 is 0. The van der Waals surface area contributed by atoms with Gasteiger partial charge in [-0.3, -0.25) is 0 Å². The third-order valence-corrected chi connectivity index (χ3v) is 9.79. The maximum absolute atomic E-state index is 2.58. The maximum atomic E-state index is 2.58. The Kier molecular flexibility index (Phi) is 6.85. The zero-order valence-corrected chi connectivity index (χ0v) is 28.4. The molecule has 0 nitrogen and oxygen atoms in total. The summed E-state index contributed by atoms with van der Waals surface area (Å²) in [5.74, 6) is 0. The van der Waals surface area contributed by atoms with Crippen molar-refractivity contribution in [1.82, 2.24) is 0 Å². The first-order valence-corrected chi connectivity index (χ1v) is 16.0. The lowest BCUT2D eigenvalue weighted by Crippen LogP contribution is -2.56. The zero-order chi connectivity index (χ0) is 31.2. The molecule has 6 aromatic carbocycles. The standard InChI is InChI=1S/C42H47B/c1-24-19-26(3)39(27(4)20-24)43(40-28(5)21-25(2)22-29(40)6)36-23-35(42(10,11)12)32-15-13-30-14-18-34(41(7,8)9)31-16-17-33(36)38(32)37(30)31/h13-23H,1-12H3. The van der Waals surface area contributed by atoms with Crippen LogP contribution in [0.25, 0.3) is 32.3 Å². The molecule has 0 saturated heterocycles. The van der Waals surface area contributed by atoms with E-state index in [0.717, 1.165) is 0 Å². The highest BCUT2D eigenvalue weighted by molar-refractivity contribution is 6.98. The van der Waals surface area contributed by atoms with Crippen molar-refractivity contribution < 1.29 is 0 Å². The fourth-order valence-corrected chi connectivity index (χ4v) is 8.19. The van der Waals surface area contributed by atoms with Crippen molar-refractivity contribution in [2.24, 2.45) is 0 Å². The average molecular weight is 563 g/mol. The molecule has 0 spiro atoms. The van der Waals surface area contributed by atoms with Crippen molar-refractivity contribution in [2.45, 2.75) is 93.9 Å². The van der Waals surface area contributed by atoms with Gasteiger partial charge in [-0.1, -0.05) is 158 Å². The lowest BCUT2D eigenvalue weighted by Gasteiger charge is -2.30. The first-order chi connectivity index (χ1) is 20.1. The summed E-state index contributed by atoms with van der Waals surface area (Å²) in [6.45, 7) is 28.0. The van der Waals surface area contributed by atoms with E-state index in [1.807, 2.05) is 0 Å². The van der Waals surface area contributed by atoms with Crippen molar-refractivity contribution in [3.63, 3.8) is 0 Å². The summed E-state index contributed by atoms with van der Waals surface area (Å²) in [4.78, 5) is 0. The fourth-order valence-electron chi connectivity index (χ4n) is 8.19. The summed E-state index contributed by atoms with van der Waals surface area (Å²) in [6.07, 6.45) is 0. The van der Waals surface area contributed by atoms with Crippen LogP contribution in [0.15, 0.2) is 66.7 Å². The highest BCUT2D eigenvalue weighted by Gasteiger charge is 2.33. The minimum atomic E-state index is -0.0107. The van der Waals surface area contributed by atoms with Gasteiger partial charge in [0.1, 0.15) is 0 Å². The van der Waals surface area contributed by atoms with E-state index in [-0.39, 0.29) is 17.5 Å². The molecule has 0 aliphatic carbocycles. The molecule has 0 saturated carbocycles. The van der Waals surface area contributed by atoms with Crippen molar-refractivity contribution in [3.8, 4) is 0 Å². The second-order valence-corrected chi connectivity index (χ2v) is 15.4. The molecule has 43 heavy (non-hydrogen) atoms. The topological polar surface area (TPSA) is 0 Å². The molecule has 0 amide bonds. The van der Waals surface area contributed by atoms with Gasteiger partial charge in [0.25, 0.3) is 0 Å². The molecule has 0 aromatic heterocycles. The molecule has 218 valence electrons. The smallest absolute Gasteiger partial charge is 0.0629 e. The Hall–Kier alpha value is -3.58. The fraction of sp³-hybridized carbons (Fsp3) is 0.333. The van der Waals surface area contributed by atoms with E-state index in [4.69, 9.17) is 0 Å². The van der Waals surface area contributed by atoms with Crippen LogP contribution in [0.4, 0.5) is 0 Å². The molecule has 0 atom stereocenters. The second-order valence-electron chi connectivity index (χ2n) is 15.4. The quantitative estimate of drug-likeness (QED) is 0.149. The van der Waals surface area contributed by atoms with Crippen LogP contribution >= 0.6 is 0 Å². The predicted octanol–water partition coefficient (Wildman–Crippen LogP) is 9.55. The third-order valence-electron chi connectivity index (χ3n) is 9.79. The van der Waals surface area contributed by atoms with Gasteiger partial charge in [-0.05, 0) is 95.8 Å². The monoisotopic (exact) mass is 562 g/mol. The van der Waals surface area contributed by atoms with Crippen LogP contribution in [0.5, 0.6) is 0 Å². The molecule has 0 aliphatic heterocycles. The van der Waals surface area contributed by atoms with E-state index in [1.165, 1.54) is 93.2 Å². The normalized spacial score (nSPS) is 12.7. The lowest BCUT2D eigenvalue weighted by molar-refractivity contribution is 0.595. The van der Waals surface area contributed by atoms with Crippen molar-refractivity contribution in [1.29, 1.82) is 0 Å². The summed E-state index contributed by atoms with van der Waals surface area (Å²) in [7, 11) is 0. The Balaban J connectivity index is 1.86. The molecule has 0 N–H and O–H groups in total. The number of rotatable bonds is 3. The minimum Gasteiger partial charge on any atom is -0.0629 e. The Bertz CT molecular complexity index is 1940. The molecule has 1 heteroatoms. The van der Waals surface area contributed by atoms with Gasteiger partial charge in [-0.25, -0.2) is 0 Å². The molecule has 0 unspecified atom stereocenters. The van der Waals surface area contributed by atoms with E-state index < -0.39 is 0 Å². The molecule has 6 rings (SSSR count). The van der Waals surface area contributed by atoms with Crippen molar-refractivity contribution >= 4 is 55.4 Å². The first-order valence-electron chi connectivity index (χ1n) is 16.0. The molecule has 0 fully saturated rings. The third kappa shape index (κ3) is 4.77. The van der Waals surface area contributed by atoms with Crippen LogP contribution in [0.2, 0.25) is 0 Å². The Morgan fingerprint density at radius 1 is 0.442 bits per heavy atom. The van der Waals surface area contributed by atoms with Gasteiger partial charge in [0, 0.05) is 0 Å². The molecular weight excluding hydrogens is 515 g/mol. The van der Waals surface area contributed by atoms with Crippen molar-refractivity contribution in [3.05, 3.63) is 111 Å². The predicted molar refractivity (Wildman–Crippen MR) is 194 cm³/mol. The Morgan fingerprint density at radius 2 is 0.860 bits per heavy atom. The lowest BCUT2D eigenvalue weighted by atomic mass is 9.33. The molecular formula is C42H47B. The average Bonchev–Trinajstić information content (AvgIpc) is 2.88. The molecule has 0 aliphatic rings. The minimum absolute atomic E-state index is 0.0107. The van der Waals surface area contributed by atoms with Gasteiger partial charge in [-0.15, -0.1) is 0 Å². The maximum Gasteiger partial charge on any atom is 0.243 e. The van der Waals surface area contributed by atoms with Crippen LogP contribution in [0.1, 0.15) is 86.1 Å². The summed E-state index contributed by atoms with van der Waals surface area (Å²) in [6, 6.07) is 26.4. The molecule has 0 heterocycles. The van der Waals surface area contributed by atoms with Crippen molar-refractivity contribution in [2.75, 3.05) is 0 Å². The first kappa shape index (κ1) is 29.5. The van der Waals surface area contributed by atoms with Gasteiger partial charge in [-0.2, -0.15) is 0 Å². The molecule has 0 bridgehead atoms. The van der Waals surface area contributed by atoms with Gasteiger partial charge in [0.2, 0.25) is 6.71 Å². The van der Waals surface area contributed by atoms with Crippen LogP contribution in [0, 0.1) is 41.5 Å². The highest BCUT2D eigenvalue weighted by atomic mass is 14.3. The largest absolute Gasteiger partial charge is 0.243 e. The molecule has 6 aromatic rings. The number of hydrogen-bond acceptors (Lipinski definition) is 0. The van der Waals surface area contributed by atoms with Gasteiger partial charge in [0.15, 0.2) is 0 Å².